The second kappa shape index (κ2) is 6.42. The van der Waals surface area contributed by atoms with Crippen molar-refractivity contribution in [2.24, 2.45) is 0 Å². The molecule has 2 N–H and O–H groups in total. The molecule has 0 saturated carbocycles. The van der Waals surface area contributed by atoms with E-state index in [1.807, 2.05) is 4.72 Å². The number of hydrogen-bond acceptors (Lipinski definition) is 3. The number of benzene rings is 1. The topological polar surface area (TPSA) is 66.4 Å². The Hall–Kier alpha value is -0.640. The Balaban J connectivity index is 3.01. The van der Waals surface area contributed by atoms with Gasteiger partial charge in [0.05, 0.1) is 17.9 Å². The summed E-state index contributed by atoms with van der Waals surface area (Å²) < 4.78 is 62.4. The minimum absolute atomic E-state index is 0.155. The number of halogens is 4. The van der Waals surface area contributed by atoms with E-state index >= 15 is 0 Å². The lowest BCUT2D eigenvalue weighted by atomic mass is 10.2. The fourth-order valence-corrected chi connectivity index (χ4v) is 3.47. The van der Waals surface area contributed by atoms with E-state index in [0.717, 1.165) is 0 Å². The maximum absolute atomic E-state index is 12.0. The predicted molar refractivity (Wildman–Crippen MR) is 70.7 cm³/mol. The molecule has 0 bridgehead atoms. The van der Waals surface area contributed by atoms with E-state index in [4.69, 9.17) is 5.11 Å². The summed E-state index contributed by atoms with van der Waals surface area (Å²) in [6.45, 7) is 0.416. The van der Waals surface area contributed by atoms with Crippen molar-refractivity contribution in [3.8, 4) is 0 Å². The van der Waals surface area contributed by atoms with Crippen LogP contribution in [0.15, 0.2) is 21.5 Å². The van der Waals surface area contributed by atoms with Gasteiger partial charge in [-0.25, -0.2) is 13.1 Å². The zero-order valence-corrected chi connectivity index (χ0v) is 12.9. The van der Waals surface area contributed by atoms with E-state index in [1.165, 1.54) is 13.0 Å². The van der Waals surface area contributed by atoms with Crippen LogP contribution in [0.5, 0.6) is 0 Å². The minimum Gasteiger partial charge on any atom is -0.392 e. The van der Waals surface area contributed by atoms with Gasteiger partial charge in [0.25, 0.3) is 0 Å². The summed E-state index contributed by atoms with van der Waals surface area (Å²) in [5.74, 6) is 0. The molecule has 1 aromatic carbocycles. The Morgan fingerprint density at radius 1 is 1.35 bits per heavy atom. The molecule has 0 atom stereocenters. The van der Waals surface area contributed by atoms with Gasteiger partial charge < -0.3 is 5.11 Å². The van der Waals surface area contributed by atoms with Gasteiger partial charge >= 0.3 is 6.18 Å². The number of rotatable bonds is 5. The molecule has 0 spiro atoms. The molecule has 20 heavy (non-hydrogen) atoms. The zero-order valence-electron chi connectivity index (χ0n) is 10.5. The molecule has 0 saturated heterocycles. The van der Waals surface area contributed by atoms with E-state index < -0.39 is 29.2 Å². The molecule has 0 aliphatic heterocycles. The molecule has 0 aromatic heterocycles. The molecule has 0 radical (unpaired) electrons. The third-order valence-electron chi connectivity index (χ3n) is 2.53. The number of hydrogen-bond donors (Lipinski definition) is 2. The van der Waals surface area contributed by atoms with Crippen molar-refractivity contribution in [3.05, 3.63) is 27.7 Å². The number of aliphatic hydroxyl groups is 1. The summed E-state index contributed by atoms with van der Waals surface area (Å²) in [7, 11) is -4.06. The number of nitrogens with one attached hydrogen (secondary N) is 1. The Morgan fingerprint density at radius 2 is 1.95 bits per heavy atom. The Kier molecular flexibility index (Phi) is 5.59. The quantitative estimate of drug-likeness (QED) is 0.830. The van der Waals surface area contributed by atoms with Gasteiger partial charge in [0, 0.05) is 11.0 Å². The SMILES string of the molecule is Cc1c(Br)cc(CO)cc1S(=O)(=O)NCCC(F)(F)F. The van der Waals surface area contributed by atoms with Crippen LogP contribution in [0.25, 0.3) is 0 Å². The first-order valence-corrected chi connectivity index (χ1v) is 7.81. The molecule has 0 amide bonds. The predicted octanol–water partition coefficient (Wildman–Crippen LogP) is 2.48. The fraction of sp³-hybridized carbons (Fsp3) is 0.455. The van der Waals surface area contributed by atoms with Crippen LogP contribution in [0.2, 0.25) is 0 Å². The normalized spacial score (nSPS) is 12.7. The molecule has 4 nitrogen and oxygen atoms in total. The van der Waals surface area contributed by atoms with Crippen molar-refractivity contribution < 1.29 is 26.7 Å². The summed E-state index contributed by atoms with van der Waals surface area (Å²) in [5, 5.41) is 9.04. The first-order valence-electron chi connectivity index (χ1n) is 5.53. The second-order valence-electron chi connectivity index (χ2n) is 4.12. The highest BCUT2D eigenvalue weighted by Gasteiger charge is 2.28. The van der Waals surface area contributed by atoms with Crippen molar-refractivity contribution in [1.29, 1.82) is 0 Å². The fourth-order valence-electron chi connectivity index (χ4n) is 1.48. The van der Waals surface area contributed by atoms with Crippen molar-refractivity contribution in [2.45, 2.75) is 31.0 Å². The molecular formula is C11H13BrF3NO3S. The van der Waals surface area contributed by atoms with Crippen molar-refractivity contribution in [1.82, 2.24) is 4.72 Å². The molecule has 0 aliphatic carbocycles. The van der Waals surface area contributed by atoms with Crippen LogP contribution in [-0.4, -0.2) is 26.2 Å². The standard InChI is InChI=1S/C11H13BrF3NO3S/c1-7-9(12)4-8(6-17)5-10(7)20(18,19)16-3-2-11(13,14)15/h4-5,16-17H,2-3,6H2,1H3. The van der Waals surface area contributed by atoms with Gasteiger partial charge in [0.1, 0.15) is 0 Å². The second-order valence-corrected chi connectivity index (χ2v) is 6.71. The van der Waals surface area contributed by atoms with E-state index in [-0.39, 0.29) is 11.5 Å². The summed E-state index contributed by atoms with van der Waals surface area (Å²) in [6.07, 6.45) is -5.67. The van der Waals surface area contributed by atoms with Crippen LogP contribution in [0.4, 0.5) is 13.2 Å². The van der Waals surface area contributed by atoms with Gasteiger partial charge in [0.15, 0.2) is 0 Å². The van der Waals surface area contributed by atoms with Crippen molar-refractivity contribution >= 4 is 26.0 Å². The molecule has 9 heteroatoms. The molecule has 1 aromatic rings. The molecule has 0 aliphatic rings. The molecule has 0 fully saturated rings. The highest BCUT2D eigenvalue weighted by molar-refractivity contribution is 9.10. The summed E-state index contributed by atoms with van der Waals surface area (Å²) >= 11 is 3.15. The van der Waals surface area contributed by atoms with Crippen LogP contribution < -0.4 is 4.72 Å². The summed E-state index contributed by atoms with van der Waals surface area (Å²) in [5.41, 5.74) is 0.709. The number of alkyl halides is 3. The molecule has 0 unspecified atom stereocenters. The highest BCUT2D eigenvalue weighted by Crippen LogP contribution is 2.26. The molecular weight excluding hydrogens is 363 g/mol. The van der Waals surface area contributed by atoms with Gasteiger partial charge in [0.2, 0.25) is 10.0 Å². The maximum atomic E-state index is 12.0. The van der Waals surface area contributed by atoms with Crippen molar-refractivity contribution in [3.63, 3.8) is 0 Å². The molecule has 1 rings (SSSR count). The van der Waals surface area contributed by atoms with Crippen molar-refractivity contribution in [2.75, 3.05) is 6.54 Å². The van der Waals surface area contributed by atoms with Gasteiger partial charge in [-0.2, -0.15) is 13.2 Å². The average Bonchev–Trinajstić information content (AvgIpc) is 2.30. The third kappa shape index (κ3) is 4.72. The zero-order chi connectivity index (χ0) is 15.6. The molecule has 0 heterocycles. The lowest BCUT2D eigenvalue weighted by Crippen LogP contribution is -2.28. The molecule has 114 valence electrons. The first kappa shape index (κ1) is 17.4. The average molecular weight is 376 g/mol. The van der Waals surface area contributed by atoms with Gasteiger partial charge in [-0.3, -0.25) is 0 Å². The van der Waals surface area contributed by atoms with E-state index in [0.29, 0.717) is 15.6 Å². The van der Waals surface area contributed by atoms with E-state index in [9.17, 15) is 21.6 Å². The Morgan fingerprint density at radius 3 is 2.45 bits per heavy atom. The van der Waals surface area contributed by atoms with Crippen LogP contribution in [0.1, 0.15) is 17.5 Å². The Bertz CT molecular complexity index is 587. The number of aliphatic hydroxyl groups excluding tert-OH is 1. The lowest BCUT2D eigenvalue weighted by Gasteiger charge is -2.13. The Labute approximate surface area is 123 Å². The lowest BCUT2D eigenvalue weighted by molar-refractivity contribution is -0.132. The minimum atomic E-state index is -4.43. The highest BCUT2D eigenvalue weighted by atomic mass is 79.9. The first-order chi connectivity index (χ1) is 9.07. The monoisotopic (exact) mass is 375 g/mol. The van der Waals surface area contributed by atoms with Crippen LogP contribution in [0.3, 0.4) is 0 Å². The van der Waals surface area contributed by atoms with E-state index in [2.05, 4.69) is 15.9 Å². The van der Waals surface area contributed by atoms with Crippen LogP contribution >= 0.6 is 15.9 Å². The van der Waals surface area contributed by atoms with Crippen LogP contribution in [0, 0.1) is 6.92 Å². The largest absolute Gasteiger partial charge is 0.392 e. The maximum Gasteiger partial charge on any atom is 0.390 e. The van der Waals surface area contributed by atoms with Crippen LogP contribution in [-0.2, 0) is 16.6 Å². The smallest absolute Gasteiger partial charge is 0.390 e. The van der Waals surface area contributed by atoms with Gasteiger partial charge in [-0.1, -0.05) is 15.9 Å². The van der Waals surface area contributed by atoms with Gasteiger partial charge in [-0.15, -0.1) is 0 Å². The number of sulfonamides is 1. The summed E-state index contributed by atoms with van der Waals surface area (Å²) in [4.78, 5) is -0.155. The van der Waals surface area contributed by atoms with E-state index in [1.54, 1.807) is 6.07 Å². The third-order valence-corrected chi connectivity index (χ3v) is 4.94. The van der Waals surface area contributed by atoms with Gasteiger partial charge in [-0.05, 0) is 30.2 Å². The summed E-state index contributed by atoms with van der Waals surface area (Å²) in [6, 6.07) is 2.78.